The number of carbonyl (C=O) groups is 1. The number of nitrogens with zero attached hydrogens (tertiary/aromatic N) is 1. The Labute approximate surface area is 163 Å². The molecule has 26 heavy (non-hydrogen) atoms. The largest absolute Gasteiger partial charge is 0.493 e. The molecule has 5 nitrogen and oxygen atoms in total. The summed E-state index contributed by atoms with van der Waals surface area (Å²) in [6.45, 7) is 6.49. The maximum Gasteiger partial charge on any atom is 0.260 e. The first-order valence-electron chi connectivity index (χ1n) is 9.01. The molecule has 1 heterocycles. The van der Waals surface area contributed by atoms with Gasteiger partial charge in [-0.1, -0.05) is 12.1 Å². The van der Waals surface area contributed by atoms with E-state index < -0.39 is 0 Å². The van der Waals surface area contributed by atoms with Crippen molar-refractivity contribution in [3.8, 4) is 11.5 Å². The number of piperidine rings is 1. The highest BCUT2D eigenvalue weighted by Crippen LogP contribution is 2.28. The first kappa shape index (κ1) is 22.3. The van der Waals surface area contributed by atoms with E-state index in [9.17, 15) is 4.79 Å². The molecule has 1 aromatic carbocycles. The van der Waals surface area contributed by atoms with Gasteiger partial charge in [0.25, 0.3) is 5.91 Å². The van der Waals surface area contributed by atoms with Crippen molar-refractivity contribution in [2.75, 3.05) is 40.4 Å². The van der Waals surface area contributed by atoms with Crippen molar-refractivity contribution in [3.05, 3.63) is 36.4 Å². The number of methoxy groups -OCH3 is 1. The lowest BCUT2D eigenvalue weighted by molar-refractivity contribution is -0.134. The van der Waals surface area contributed by atoms with E-state index >= 15 is 0 Å². The average Bonchev–Trinajstić information content (AvgIpc) is 2.65. The van der Waals surface area contributed by atoms with Crippen LogP contribution in [0.1, 0.15) is 24.8 Å². The van der Waals surface area contributed by atoms with Gasteiger partial charge in [-0.15, -0.1) is 19.0 Å². The molecule has 0 aromatic heterocycles. The topological polar surface area (TPSA) is 50.8 Å². The van der Waals surface area contributed by atoms with Crippen molar-refractivity contribution in [1.82, 2.24) is 10.2 Å². The highest BCUT2D eigenvalue weighted by atomic mass is 35.5. The van der Waals surface area contributed by atoms with Crippen LogP contribution in [0, 0.1) is 5.92 Å². The minimum Gasteiger partial charge on any atom is -0.493 e. The Balaban J connectivity index is 0.00000338. The summed E-state index contributed by atoms with van der Waals surface area (Å²) in [4.78, 5) is 14.3. The molecule has 1 amide bonds. The fourth-order valence-electron chi connectivity index (χ4n) is 3.18. The van der Waals surface area contributed by atoms with Gasteiger partial charge in [-0.3, -0.25) is 4.79 Å². The van der Waals surface area contributed by atoms with Crippen molar-refractivity contribution >= 4 is 18.3 Å². The Morgan fingerprint density at radius 3 is 2.69 bits per heavy atom. The lowest BCUT2D eigenvalue weighted by atomic mass is 9.93. The number of carbonyl (C=O) groups excluding carboxylic acids is 1. The Bertz CT molecular complexity index is 572. The van der Waals surface area contributed by atoms with Crippen molar-refractivity contribution < 1.29 is 14.3 Å². The second kappa shape index (κ2) is 11.8. The third kappa shape index (κ3) is 6.54. The van der Waals surface area contributed by atoms with E-state index in [4.69, 9.17) is 9.47 Å². The molecule has 0 saturated carbocycles. The van der Waals surface area contributed by atoms with Crippen LogP contribution in [-0.4, -0.2) is 51.2 Å². The maximum absolute atomic E-state index is 12.4. The summed E-state index contributed by atoms with van der Waals surface area (Å²) < 4.78 is 11.1. The molecule has 146 valence electrons. The van der Waals surface area contributed by atoms with E-state index in [2.05, 4.69) is 11.9 Å². The standard InChI is InChI=1S/C20H30N2O3.ClH/c1-4-5-17-6-7-18(19(14-17)24-3)25-15-20(23)22-12-9-16(10-13-22)8-11-21-2;/h4,6-7,14,16,21H,1,5,8-13,15H2,2-3H3;1H. The van der Waals surface area contributed by atoms with Crippen molar-refractivity contribution in [3.63, 3.8) is 0 Å². The van der Waals surface area contributed by atoms with E-state index in [1.807, 2.05) is 36.2 Å². The van der Waals surface area contributed by atoms with E-state index in [0.29, 0.717) is 11.5 Å². The minimum absolute atomic E-state index is 0. The number of hydrogen-bond acceptors (Lipinski definition) is 4. The average molecular weight is 383 g/mol. The van der Waals surface area contributed by atoms with E-state index in [1.54, 1.807) is 7.11 Å². The highest BCUT2D eigenvalue weighted by Gasteiger charge is 2.23. The van der Waals surface area contributed by atoms with Crippen molar-refractivity contribution in [1.29, 1.82) is 0 Å². The normalized spacial score (nSPS) is 14.5. The number of benzene rings is 1. The van der Waals surface area contributed by atoms with Gasteiger partial charge in [0, 0.05) is 13.1 Å². The molecule has 0 unspecified atom stereocenters. The first-order chi connectivity index (χ1) is 12.2. The second-order valence-corrected chi connectivity index (χ2v) is 6.48. The fraction of sp³-hybridized carbons (Fsp3) is 0.550. The minimum atomic E-state index is 0. The predicted octanol–water partition coefficient (Wildman–Crippen LogP) is 3.07. The van der Waals surface area contributed by atoms with Gasteiger partial charge in [0.1, 0.15) is 0 Å². The number of allylic oxidation sites excluding steroid dienone is 1. The van der Waals surface area contributed by atoms with Crippen LogP contribution in [0.25, 0.3) is 0 Å². The highest BCUT2D eigenvalue weighted by molar-refractivity contribution is 5.85. The molecule has 0 spiro atoms. The summed E-state index contributed by atoms with van der Waals surface area (Å²) in [5, 5.41) is 3.19. The summed E-state index contributed by atoms with van der Waals surface area (Å²) >= 11 is 0. The van der Waals surface area contributed by atoms with Gasteiger partial charge in [-0.2, -0.15) is 0 Å². The first-order valence-corrected chi connectivity index (χ1v) is 9.01. The van der Waals surface area contributed by atoms with E-state index in [1.165, 1.54) is 6.42 Å². The zero-order valence-electron chi connectivity index (χ0n) is 15.8. The zero-order valence-corrected chi connectivity index (χ0v) is 16.6. The second-order valence-electron chi connectivity index (χ2n) is 6.48. The van der Waals surface area contributed by atoms with E-state index in [0.717, 1.165) is 50.4 Å². The molecule has 0 radical (unpaired) electrons. The lowest BCUT2D eigenvalue weighted by Gasteiger charge is -2.32. The molecular weight excluding hydrogens is 352 g/mol. The molecule has 1 aromatic rings. The van der Waals surface area contributed by atoms with Crippen molar-refractivity contribution in [2.45, 2.75) is 25.7 Å². The molecule has 0 atom stereocenters. The Kier molecular flexibility index (Phi) is 10.1. The fourth-order valence-corrected chi connectivity index (χ4v) is 3.18. The third-order valence-electron chi connectivity index (χ3n) is 4.73. The van der Waals surface area contributed by atoms with Crippen LogP contribution in [0.4, 0.5) is 0 Å². The number of ether oxygens (including phenoxy) is 2. The molecule has 6 heteroatoms. The summed E-state index contributed by atoms with van der Waals surface area (Å²) in [5.74, 6) is 2.02. The molecule has 2 rings (SSSR count). The number of hydrogen-bond donors (Lipinski definition) is 1. The van der Waals surface area contributed by atoms with Crippen LogP contribution in [-0.2, 0) is 11.2 Å². The maximum atomic E-state index is 12.4. The molecule has 1 saturated heterocycles. The third-order valence-corrected chi connectivity index (χ3v) is 4.73. The van der Waals surface area contributed by atoms with Gasteiger partial charge >= 0.3 is 0 Å². The van der Waals surface area contributed by atoms with Crippen molar-refractivity contribution in [2.24, 2.45) is 5.92 Å². The quantitative estimate of drug-likeness (QED) is 0.667. The van der Waals surface area contributed by atoms with Gasteiger partial charge < -0.3 is 19.7 Å². The number of likely N-dealkylation sites (tertiary alicyclic amines) is 1. The summed E-state index contributed by atoms with van der Waals surface area (Å²) in [6.07, 6.45) is 5.96. The Morgan fingerprint density at radius 1 is 1.35 bits per heavy atom. The molecule has 0 bridgehead atoms. The monoisotopic (exact) mass is 382 g/mol. The van der Waals surface area contributed by atoms with Crippen LogP contribution < -0.4 is 14.8 Å². The Morgan fingerprint density at radius 2 is 2.08 bits per heavy atom. The number of nitrogens with one attached hydrogen (secondary N) is 1. The zero-order chi connectivity index (χ0) is 18.1. The van der Waals surface area contributed by atoms with Gasteiger partial charge in [-0.05, 0) is 62.9 Å². The van der Waals surface area contributed by atoms with Gasteiger partial charge in [-0.25, -0.2) is 0 Å². The Hall–Kier alpha value is -1.72. The van der Waals surface area contributed by atoms with Crippen LogP contribution in [0.2, 0.25) is 0 Å². The van der Waals surface area contributed by atoms with Crippen LogP contribution in [0.5, 0.6) is 11.5 Å². The number of halogens is 1. The van der Waals surface area contributed by atoms with Crippen LogP contribution >= 0.6 is 12.4 Å². The number of amides is 1. The summed E-state index contributed by atoms with van der Waals surface area (Å²) in [5.41, 5.74) is 1.11. The van der Waals surface area contributed by atoms with Crippen LogP contribution in [0.3, 0.4) is 0 Å². The van der Waals surface area contributed by atoms with Gasteiger partial charge in [0.15, 0.2) is 18.1 Å². The van der Waals surface area contributed by atoms with Gasteiger partial charge in [0.2, 0.25) is 0 Å². The smallest absolute Gasteiger partial charge is 0.260 e. The molecular formula is C20H31ClN2O3. The molecule has 1 fully saturated rings. The molecule has 0 aliphatic carbocycles. The van der Waals surface area contributed by atoms with E-state index in [-0.39, 0.29) is 24.9 Å². The molecule has 1 N–H and O–H groups in total. The summed E-state index contributed by atoms with van der Waals surface area (Å²) in [7, 11) is 3.59. The summed E-state index contributed by atoms with van der Waals surface area (Å²) in [6, 6.07) is 5.75. The number of rotatable bonds is 9. The van der Waals surface area contributed by atoms with Crippen LogP contribution in [0.15, 0.2) is 30.9 Å². The molecule has 1 aliphatic heterocycles. The predicted molar refractivity (Wildman–Crippen MR) is 107 cm³/mol. The van der Waals surface area contributed by atoms with Gasteiger partial charge in [0.05, 0.1) is 7.11 Å². The molecule has 1 aliphatic rings. The SMILES string of the molecule is C=CCc1ccc(OCC(=O)N2CCC(CCNC)CC2)c(OC)c1.Cl. The lowest BCUT2D eigenvalue weighted by Crippen LogP contribution is -2.41.